The maximum Gasteiger partial charge on any atom is 0.277 e. The van der Waals surface area contributed by atoms with Crippen LogP contribution < -0.4 is 4.90 Å². The van der Waals surface area contributed by atoms with Gasteiger partial charge >= 0.3 is 0 Å². The van der Waals surface area contributed by atoms with Gasteiger partial charge < -0.3 is 14.9 Å². The molecule has 3 aliphatic rings. The Morgan fingerprint density at radius 3 is 2.12 bits per heavy atom. The summed E-state index contributed by atoms with van der Waals surface area (Å²) in [6, 6.07) is 29.0. The highest BCUT2D eigenvalue weighted by Crippen LogP contribution is 2.58. The lowest BCUT2D eigenvalue weighted by Crippen LogP contribution is -2.61. The number of nitrogens with zero attached hydrogens (tertiary/aromatic N) is 2. The van der Waals surface area contributed by atoms with E-state index in [-0.39, 0.29) is 11.9 Å². The van der Waals surface area contributed by atoms with Crippen molar-refractivity contribution in [2.24, 2.45) is 0 Å². The predicted molar refractivity (Wildman–Crippen MR) is 134 cm³/mol. The number of hydrogen-bond donors (Lipinski definition) is 1. The van der Waals surface area contributed by atoms with E-state index in [4.69, 9.17) is 0 Å². The molecule has 1 amide bonds. The van der Waals surface area contributed by atoms with Crippen LogP contribution >= 0.6 is 0 Å². The van der Waals surface area contributed by atoms with Crippen molar-refractivity contribution in [2.75, 3.05) is 11.4 Å². The summed E-state index contributed by atoms with van der Waals surface area (Å²) >= 11 is 0. The molecule has 2 heterocycles. The third-order valence-electron chi connectivity index (χ3n) is 8.32. The Morgan fingerprint density at radius 1 is 0.794 bits per heavy atom. The van der Waals surface area contributed by atoms with Crippen molar-refractivity contribution in [1.82, 2.24) is 4.90 Å². The molecule has 0 bridgehead atoms. The van der Waals surface area contributed by atoms with E-state index in [9.17, 15) is 9.90 Å². The van der Waals surface area contributed by atoms with Gasteiger partial charge in [0.15, 0.2) is 0 Å². The highest BCUT2D eigenvalue weighted by Gasteiger charge is 2.71. The summed E-state index contributed by atoms with van der Waals surface area (Å²) in [5, 5.41) is 12.7. The normalized spacial score (nSPS) is 26.6. The van der Waals surface area contributed by atoms with Gasteiger partial charge in [-0.1, -0.05) is 98.1 Å². The minimum absolute atomic E-state index is 0.123. The number of amides is 1. The monoisotopic (exact) mass is 452 g/mol. The van der Waals surface area contributed by atoms with Crippen molar-refractivity contribution in [1.29, 1.82) is 0 Å². The van der Waals surface area contributed by atoms with Crippen LogP contribution in [0.3, 0.4) is 0 Å². The lowest BCUT2D eigenvalue weighted by molar-refractivity contribution is -0.147. The maximum atomic E-state index is 14.3. The Labute approximate surface area is 201 Å². The molecule has 34 heavy (non-hydrogen) atoms. The van der Waals surface area contributed by atoms with Crippen molar-refractivity contribution in [3.63, 3.8) is 0 Å². The lowest BCUT2D eigenvalue weighted by Gasteiger charge is -2.39. The summed E-state index contributed by atoms with van der Waals surface area (Å²) in [7, 11) is 0. The first-order valence-corrected chi connectivity index (χ1v) is 12.6. The fourth-order valence-corrected chi connectivity index (χ4v) is 6.68. The number of carbonyl (C=O) groups is 1. The van der Waals surface area contributed by atoms with Crippen LogP contribution in [0.25, 0.3) is 0 Å². The minimum Gasteiger partial charge on any atom is -0.362 e. The molecule has 2 fully saturated rings. The summed E-state index contributed by atoms with van der Waals surface area (Å²) in [5.41, 5.74) is 1.97. The molecule has 2 aliphatic heterocycles. The van der Waals surface area contributed by atoms with Gasteiger partial charge in [0.2, 0.25) is 5.72 Å². The third kappa shape index (κ3) is 3.12. The average molecular weight is 453 g/mol. The Kier molecular flexibility index (Phi) is 5.22. The van der Waals surface area contributed by atoms with E-state index < -0.39 is 11.1 Å². The van der Waals surface area contributed by atoms with Crippen molar-refractivity contribution in [2.45, 2.75) is 62.3 Å². The number of anilines is 1. The number of hydrogen-bond acceptors (Lipinski definition) is 3. The average Bonchev–Trinajstić information content (AvgIpc) is 3.23. The van der Waals surface area contributed by atoms with Crippen LogP contribution in [0.1, 0.15) is 48.8 Å². The SMILES string of the molecule is O=C1N(C2CCCCC2)C[C@]2(Cc3ccccc3)c3ccccc3N(Cc3ccccc3)[C@]12O. The van der Waals surface area contributed by atoms with Crippen LogP contribution in [0.5, 0.6) is 0 Å². The standard InChI is InChI=1S/C30H32N2O2/c33-28-30(34)29(20-23-12-4-1-5-13-23,22-31(28)25-16-8-3-9-17-25)26-18-10-11-19-27(26)32(30)21-24-14-6-2-7-15-24/h1-2,4-7,10-15,18-19,25,34H,3,8-9,16-17,20-22H2/t29-,30+/m1/s1. The Morgan fingerprint density at radius 2 is 1.41 bits per heavy atom. The van der Waals surface area contributed by atoms with E-state index in [0.717, 1.165) is 48.1 Å². The van der Waals surface area contributed by atoms with Crippen LogP contribution in [-0.4, -0.2) is 34.2 Å². The number of fused-ring (bicyclic) bond motifs is 3. The molecule has 4 nitrogen and oxygen atoms in total. The fourth-order valence-electron chi connectivity index (χ4n) is 6.68. The highest BCUT2D eigenvalue weighted by molar-refractivity contribution is 5.97. The van der Waals surface area contributed by atoms with Gasteiger partial charge in [0.05, 0.1) is 5.41 Å². The van der Waals surface area contributed by atoms with Crippen molar-refractivity contribution in [3.8, 4) is 0 Å². The molecule has 174 valence electrons. The zero-order valence-electron chi connectivity index (χ0n) is 19.6. The third-order valence-corrected chi connectivity index (χ3v) is 8.32. The molecule has 0 radical (unpaired) electrons. The first kappa shape index (κ1) is 21.4. The van der Waals surface area contributed by atoms with Crippen molar-refractivity contribution < 1.29 is 9.90 Å². The van der Waals surface area contributed by atoms with Gasteiger partial charge in [0.1, 0.15) is 0 Å². The Bertz CT molecular complexity index is 1170. The highest BCUT2D eigenvalue weighted by atomic mass is 16.3. The Hall–Kier alpha value is -3.11. The van der Waals surface area contributed by atoms with E-state index in [1.165, 1.54) is 6.42 Å². The van der Waals surface area contributed by atoms with Crippen molar-refractivity contribution in [3.05, 3.63) is 102 Å². The van der Waals surface area contributed by atoms with Crippen molar-refractivity contribution >= 4 is 11.6 Å². The summed E-state index contributed by atoms with van der Waals surface area (Å²) < 4.78 is 0. The summed E-state index contributed by atoms with van der Waals surface area (Å²) in [6.45, 7) is 1.05. The van der Waals surface area contributed by atoms with E-state index in [2.05, 4.69) is 36.4 Å². The first-order valence-electron chi connectivity index (χ1n) is 12.6. The van der Waals surface area contributed by atoms with Gasteiger partial charge in [0.25, 0.3) is 5.91 Å². The molecule has 3 aromatic rings. The molecule has 0 spiro atoms. The van der Waals surface area contributed by atoms with E-state index in [0.29, 0.717) is 19.5 Å². The fraction of sp³-hybridized carbons (Fsp3) is 0.367. The summed E-state index contributed by atoms with van der Waals surface area (Å²) in [4.78, 5) is 18.3. The number of carbonyl (C=O) groups excluding carboxylic acids is 1. The van der Waals surface area contributed by atoms with Crippen LogP contribution in [0.15, 0.2) is 84.9 Å². The number of aliphatic hydroxyl groups is 1. The molecule has 0 unspecified atom stereocenters. The predicted octanol–water partition coefficient (Wildman–Crippen LogP) is 5.05. The topological polar surface area (TPSA) is 43.8 Å². The van der Waals surface area contributed by atoms with E-state index >= 15 is 0 Å². The van der Waals surface area contributed by atoms with Gasteiger partial charge in [-0.15, -0.1) is 0 Å². The smallest absolute Gasteiger partial charge is 0.277 e. The van der Waals surface area contributed by atoms with Crippen LogP contribution in [0.4, 0.5) is 5.69 Å². The molecular weight excluding hydrogens is 420 g/mol. The molecule has 0 aromatic heterocycles. The molecular formula is C30H32N2O2. The van der Waals surface area contributed by atoms with Crippen LogP contribution in [-0.2, 0) is 23.2 Å². The van der Waals surface area contributed by atoms with Gasteiger partial charge in [0, 0.05) is 24.8 Å². The largest absolute Gasteiger partial charge is 0.362 e. The molecule has 1 aliphatic carbocycles. The maximum absolute atomic E-state index is 14.3. The van der Waals surface area contributed by atoms with E-state index in [1.807, 2.05) is 58.3 Å². The zero-order valence-corrected chi connectivity index (χ0v) is 19.6. The second-order valence-corrected chi connectivity index (χ2v) is 10.2. The van der Waals surface area contributed by atoms with Gasteiger partial charge in [-0.25, -0.2) is 0 Å². The molecule has 6 rings (SSSR count). The van der Waals surface area contributed by atoms with Crippen LogP contribution in [0.2, 0.25) is 0 Å². The molecule has 3 aromatic carbocycles. The molecule has 1 saturated heterocycles. The summed E-state index contributed by atoms with van der Waals surface area (Å²) in [6.07, 6.45) is 6.24. The lowest BCUT2D eigenvalue weighted by atomic mass is 9.71. The Balaban J connectivity index is 1.51. The van der Waals surface area contributed by atoms with E-state index in [1.54, 1.807) is 0 Å². The number of para-hydroxylation sites is 1. The van der Waals surface area contributed by atoms with Crippen LogP contribution in [0, 0.1) is 0 Å². The second-order valence-electron chi connectivity index (χ2n) is 10.2. The number of rotatable bonds is 5. The number of benzene rings is 3. The van der Waals surface area contributed by atoms with Gasteiger partial charge in [-0.2, -0.15) is 0 Å². The number of likely N-dealkylation sites (tertiary alicyclic amines) is 1. The molecule has 1 N–H and O–H groups in total. The first-order chi connectivity index (χ1) is 16.6. The van der Waals surface area contributed by atoms with Gasteiger partial charge in [-0.3, -0.25) is 4.79 Å². The quantitative estimate of drug-likeness (QED) is 0.589. The summed E-state index contributed by atoms with van der Waals surface area (Å²) in [5.74, 6) is -0.123. The van der Waals surface area contributed by atoms with Gasteiger partial charge in [-0.05, 0) is 42.0 Å². The molecule has 1 saturated carbocycles. The molecule has 4 heteroatoms. The second kappa shape index (κ2) is 8.28. The zero-order chi connectivity index (χ0) is 23.2. The minimum atomic E-state index is -1.61. The molecule has 2 atom stereocenters.